The molecular weight excluding hydrogens is 434 g/mol. The molecule has 10 nitrogen and oxygen atoms in total. The van der Waals surface area contributed by atoms with E-state index >= 15 is 0 Å². The van der Waals surface area contributed by atoms with Crippen LogP contribution in [-0.2, 0) is 25.6 Å². The Morgan fingerprint density at radius 1 is 1.09 bits per heavy atom. The first-order valence-corrected chi connectivity index (χ1v) is 11.5. The summed E-state index contributed by atoms with van der Waals surface area (Å²) in [6, 6.07) is 4.50. The smallest absolute Gasteiger partial charge is 0.326 e. The van der Waals surface area contributed by atoms with Crippen LogP contribution >= 0.6 is 11.8 Å². The van der Waals surface area contributed by atoms with Crippen LogP contribution in [0.15, 0.2) is 30.5 Å². The Hall–Kier alpha value is -3.05. The number of carbonyl (C=O) groups is 4. The number of aromatic nitrogens is 1. The SMILES string of the molecule is CSCC[C@H](NC(=O)[C@@H](N)Cc1c[nH]c2ccccc12)C(=O)N[C@@H](CCC(N)=O)C(=O)O. The van der Waals surface area contributed by atoms with E-state index in [9.17, 15) is 24.3 Å². The van der Waals surface area contributed by atoms with Gasteiger partial charge in [-0.15, -0.1) is 0 Å². The van der Waals surface area contributed by atoms with Crippen LogP contribution in [0.25, 0.3) is 10.9 Å². The van der Waals surface area contributed by atoms with Crippen molar-refractivity contribution in [2.75, 3.05) is 12.0 Å². The van der Waals surface area contributed by atoms with Crippen LogP contribution in [-0.4, -0.2) is 63.9 Å². The maximum atomic E-state index is 12.7. The number of para-hydroxylation sites is 1. The molecule has 0 radical (unpaired) electrons. The Morgan fingerprint density at radius 3 is 2.44 bits per heavy atom. The molecule has 0 saturated heterocycles. The van der Waals surface area contributed by atoms with Crippen molar-refractivity contribution in [2.45, 2.75) is 43.8 Å². The van der Waals surface area contributed by atoms with Crippen molar-refractivity contribution >= 4 is 46.4 Å². The number of nitrogens with one attached hydrogen (secondary N) is 3. The number of nitrogens with two attached hydrogens (primary N) is 2. The van der Waals surface area contributed by atoms with Gasteiger partial charge < -0.3 is 32.2 Å². The van der Waals surface area contributed by atoms with Gasteiger partial charge >= 0.3 is 5.97 Å². The Bertz CT molecular complexity index is 963. The summed E-state index contributed by atoms with van der Waals surface area (Å²) in [7, 11) is 0. The number of aromatic amines is 1. The zero-order valence-corrected chi connectivity index (χ0v) is 18.6. The lowest BCUT2D eigenvalue weighted by Crippen LogP contribution is -2.55. The summed E-state index contributed by atoms with van der Waals surface area (Å²) in [5.41, 5.74) is 13.0. The summed E-state index contributed by atoms with van der Waals surface area (Å²) < 4.78 is 0. The molecule has 3 atom stereocenters. The second-order valence-electron chi connectivity index (χ2n) is 7.42. The molecule has 0 aliphatic heterocycles. The first kappa shape index (κ1) is 25.2. The number of hydrogen-bond donors (Lipinski definition) is 6. The Labute approximate surface area is 189 Å². The molecule has 2 aromatic rings. The van der Waals surface area contributed by atoms with Gasteiger partial charge in [-0.05, 0) is 42.9 Å². The molecule has 174 valence electrons. The molecule has 0 unspecified atom stereocenters. The Balaban J connectivity index is 2.04. The van der Waals surface area contributed by atoms with Gasteiger partial charge in [0.15, 0.2) is 0 Å². The standard InChI is InChI=1S/C21H29N5O5S/c1-32-9-8-16(20(29)26-17(21(30)31)6-7-18(23)27)25-19(28)14(22)10-12-11-24-15-5-3-2-4-13(12)15/h2-5,11,14,16-17,24H,6-10,22H2,1H3,(H2,23,27)(H,25,28)(H,26,29)(H,30,31)/t14-,16-,17-/m0/s1. The highest BCUT2D eigenvalue weighted by atomic mass is 32.2. The molecule has 0 fully saturated rings. The van der Waals surface area contributed by atoms with E-state index in [4.69, 9.17) is 11.5 Å². The van der Waals surface area contributed by atoms with Crippen molar-refractivity contribution in [1.29, 1.82) is 0 Å². The van der Waals surface area contributed by atoms with E-state index < -0.39 is 41.8 Å². The zero-order valence-electron chi connectivity index (χ0n) is 17.8. The predicted octanol–water partition coefficient (Wildman–Crippen LogP) is 0.111. The summed E-state index contributed by atoms with van der Waals surface area (Å²) in [5.74, 6) is -2.55. The van der Waals surface area contributed by atoms with E-state index in [1.165, 1.54) is 11.8 Å². The fourth-order valence-corrected chi connectivity index (χ4v) is 3.70. The molecule has 3 amide bonds. The number of rotatable bonds is 13. The number of H-pyrrole nitrogens is 1. The number of hydrogen-bond acceptors (Lipinski definition) is 6. The quantitative estimate of drug-likeness (QED) is 0.244. The fraction of sp³-hybridized carbons (Fsp3) is 0.429. The van der Waals surface area contributed by atoms with Gasteiger partial charge in [0.25, 0.3) is 0 Å². The van der Waals surface area contributed by atoms with Crippen LogP contribution in [0.5, 0.6) is 0 Å². The molecule has 32 heavy (non-hydrogen) atoms. The van der Waals surface area contributed by atoms with Crippen molar-refractivity contribution in [1.82, 2.24) is 15.6 Å². The molecule has 0 bridgehead atoms. The number of carbonyl (C=O) groups excluding carboxylic acids is 3. The molecule has 2 rings (SSSR count). The molecule has 0 spiro atoms. The monoisotopic (exact) mass is 463 g/mol. The average molecular weight is 464 g/mol. The van der Waals surface area contributed by atoms with Gasteiger partial charge in [0.2, 0.25) is 17.7 Å². The highest BCUT2D eigenvalue weighted by molar-refractivity contribution is 7.98. The van der Waals surface area contributed by atoms with Crippen molar-refractivity contribution in [3.05, 3.63) is 36.0 Å². The van der Waals surface area contributed by atoms with Gasteiger partial charge in [-0.3, -0.25) is 14.4 Å². The van der Waals surface area contributed by atoms with Crippen molar-refractivity contribution in [2.24, 2.45) is 11.5 Å². The van der Waals surface area contributed by atoms with Crippen LogP contribution in [0.3, 0.4) is 0 Å². The van der Waals surface area contributed by atoms with E-state index in [1.54, 1.807) is 6.20 Å². The zero-order chi connectivity index (χ0) is 23.7. The van der Waals surface area contributed by atoms with E-state index in [-0.39, 0.29) is 19.3 Å². The van der Waals surface area contributed by atoms with Crippen LogP contribution in [0.1, 0.15) is 24.8 Å². The lowest BCUT2D eigenvalue weighted by molar-refractivity contribution is -0.142. The summed E-state index contributed by atoms with van der Waals surface area (Å²) >= 11 is 1.48. The van der Waals surface area contributed by atoms with Crippen LogP contribution in [0.2, 0.25) is 0 Å². The van der Waals surface area contributed by atoms with E-state index in [0.29, 0.717) is 12.2 Å². The number of fused-ring (bicyclic) bond motifs is 1. The van der Waals surface area contributed by atoms with Gasteiger partial charge in [-0.1, -0.05) is 18.2 Å². The van der Waals surface area contributed by atoms with Crippen molar-refractivity contribution in [3.63, 3.8) is 0 Å². The predicted molar refractivity (Wildman–Crippen MR) is 123 cm³/mol. The highest BCUT2D eigenvalue weighted by Crippen LogP contribution is 2.18. The maximum Gasteiger partial charge on any atom is 0.326 e. The fourth-order valence-electron chi connectivity index (χ4n) is 3.23. The van der Waals surface area contributed by atoms with Crippen molar-refractivity contribution in [3.8, 4) is 0 Å². The van der Waals surface area contributed by atoms with Gasteiger partial charge in [0.1, 0.15) is 12.1 Å². The Morgan fingerprint density at radius 2 is 1.78 bits per heavy atom. The number of aliphatic carboxylic acids is 1. The number of carboxylic acid groups (broad SMARTS) is 1. The first-order chi connectivity index (χ1) is 15.2. The minimum Gasteiger partial charge on any atom is -0.480 e. The average Bonchev–Trinajstić information content (AvgIpc) is 3.16. The molecule has 1 aromatic heterocycles. The minimum absolute atomic E-state index is 0.139. The lowest BCUT2D eigenvalue weighted by Gasteiger charge is -2.22. The van der Waals surface area contributed by atoms with Crippen molar-refractivity contribution < 1.29 is 24.3 Å². The summed E-state index contributed by atoms with van der Waals surface area (Å²) in [5, 5.41) is 15.3. The lowest BCUT2D eigenvalue weighted by atomic mass is 10.0. The highest BCUT2D eigenvalue weighted by Gasteiger charge is 2.28. The number of amides is 3. The van der Waals surface area contributed by atoms with Gasteiger partial charge in [-0.25, -0.2) is 4.79 Å². The van der Waals surface area contributed by atoms with Crippen LogP contribution in [0.4, 0.5) is 0 Å². The largest absolute Gasteiger partial charge is 0.480 e. The molecule has 0 saturated carbocycles. The van der Waals surface area contributed by atoms with E-state index in [2.05, 4.69) is 15.6 Å². The Kier molecular flexibility index (Phi) is 9.54. The molecular formula is C21H29N5O5S. The molecule has 0 aliphatic rings. The minimum atomic E-state index is -1.29. The molecule has 1 aromatic carbocycles. The molecule has 8 N–H and O–H groups in total. The maximum absolute atomic E-state index is 12.7. The number of benzene rings is 1. The number of carboxylic acids is 1. The summed E-state index contributed by atoms with van der Waals surface area (Å²) in [6.45, 7) is 0. The number of primary amides is 1. The van der Waals surface area contributed by atoms with Gasteiger partial charge in [0, 0.05) is 23.5 Å². The molecule has 11 heteroatoms. The van der Waals surface area contributed by atoms with E-state index in [0.717, 1.165) is 16.5 Å². The third-order valence-corrected chi connectivity index (χ3v) is 5.63. The topological polar surface area (TPSA) is 180 Å². The third-order valence-electron chi connectivity index (χ3n) is 4.99. The van der Waals surface area contributed by atoms with Crippen LogP contribution in [0, 0.1) is 0 Å². The third kappa shape index (κ3) is 7.27. The molecule has 0 aliphatic carbocycles. The van der Waals surface area contributed by atoms with Gasteiger partial charge in [-0.2, -0.15) is 11.8 Å². The normalized spacial score (nSPS) is 13.8. The summed E-state index contributed by atoms with van der Waals surface area (Å²) in [4.78, 5) is 50.9. The summed E-state index contributed by atoms with van der Waals surface area (Å²) in [6.07, 6.45) is 3.89. The van der Waals surface area contributed by atoms with E-state index in [1.807, 2.05) is 30.5 Å². The van der Waals surface area contributed by atoms with Crippen LogP contribution < -0.4 is 22.1 Å². The second kappa shape index (κ2) is 12.1. The van der Waals surface area contributed by atoms with Gasteiger partial charge in [0.05, 0.1) is 6.04 Å². The number of thioether (sulfide) groups is 1. The molecule has 1 heterocycles. The second-order valence-corrected chi connectivity index (χ2v) is 8.40. The first-order valence-electron chi connectivity index (χ1n) is 10.1.